The number of rotatable bonds is 4. The van der Waals surface area contributed by atoms with Gasteiger partial charge in [0, 0.05) is 31.0 Å². The molecule has 6 nitrogen and oxygen atoms in total. The normalized spacial score (nSPS) is 10.2. The summed E-state index contributed by atoms with van der Waals surface area (Å²) in [7, 11) is 4.02. The summed E-state index contributed by atoms with van der Waals surface area (Å²) in [6, 6.07) is 8.12. The molecule has 0 aliphatic carbocycles. The molecular formula is C14H20N6. The van der Waals surface area contributed by atoms with Crippen molar-refractivity contribution in [2.75, 3.05) is 29.7 Å². The number of nitrogens with zero attached hydrogens (tertiary/aromatic N) is 3. The van der Waals surface area contributed by atoms with Crippen molar-refractivity contribution in [2.24, 2.45) is 5.84 Å². The van der Waals surface area contributed by atoms with Crippen molar-refractivity contribution in [3.8, 4) is 0 Å². The molecule has 106 valence electrons. The molecule has 0 saturated carbocycles. The maximum Gasteiger partial charge on any atom is 0.148 e. The largest absolute Gasteiger partial charge is 0.378 e. The molecule has 1 aromatic heterocycles. The van der Waals surface area contributed by atoms with Gasteiger partial charge in [-0.05, 0) is 32.0 Å². The van der Waals surface area contributed by atoms with Crippen LogP contribution in [0.1, 0.15) is 11.4 Å². The van der Waals surface area contributed by atoms with Crippen LogP contribution >= 0.6 is 0 Å². The van der Waals surface area contributed by atoms with Crippen molar-refractivity contribution in [3.63, 3.8) is 0 Å². The highest BCUT2D eigenvalue weighted by molar-refractivity contribution is 5.67. The first-order valence-electron chi connectivity index (χ1n) is 6.37. The number of benzene rings is 1. The van der Waals surface area contributed by atoms with Crippen LogP contribution in [-0.2, 0) is 0 Å². The highest BCUT2D eigenvalue weighted by atomic mass is 15.3. The van der Waals surface area contributed by atoms with E-state index in [4.69, 9.17) is 5.84 Å². The lowest BCUT2D eigenvalue weighted by atomic mass is 10.2. The average molecular weight is 272 g/mol. The number of anilines is 4. The van der Waals surface area contributed by atoms with Crippen LogP contribution in [0.15, 0.2) is 24.3 Å². The van der Waals surface area contributed by atoms with E-state index in [0.717, 1.165) is 22.8 Å². The van der Waals surface area contributed by atoms with E-state index in [1.807, 2.05) is 40.1 Å². The van der Waals surface area contributed by atoms with Crippen LogP contribution in [0, 0.1) is 13.8 Å². The molecule has 1 heterocycles. The summed E-state index contributed by atoms with van der Waals surface area (Å²) in [6.07, 6.45) is 0. The van der Waals surface area contributed by atoms with Crippen LogP contribution in [0.4, 0.5) is 23.0 Å². The van der Waals surface area contributed by atoms with E-state index in [1.165, 1.54) is 0 Å². The number of aromatic nitrogens is 2. The second kappa shape index (κ2) is 5.75. The molecule has 1 aromatic carbocycles. The zero-order valence-corrected chi connectivity index (χ0v) is 12.2. The standard InChI is InChI=1S/C14H20N6/c1-9-13(16-10(2)17-14(9)19-15)18-11-6-5-7-12(8-11)20(3)4/h5-8H,15H2,1-4H3,(H2,16,17,18,19). The molecule has 4 N–H and O–H groups in total. The monoisotopic (exact) mass is 272 g/mol. The van der Waals surface area contributed by atoms with Gasteiger partial charge in [0.15, 0.2) is 0 Å². The lowest BCUT2D eigenvalue weighted by Gasteiger charge is -2.16. The molecule has 0 unspecified atom stereocenters. The number of hydrogen-bond acceptors (Lipinski definition) is 6. The summed E-state index contributed by atoms with van der Waals surface area (Å²) in [5.41, 5.74) is 5.57. The Bertz CT molecular complexity index is 609. The average Bonchev–Trinajstić information content (AvgIpc) is 2.42. The molecule has 0 amide bonds. The van der Waals surface area contributed by atoms with Gasteiger partial charge in [0.25, 0.3) is 0 Å². The van der Waals surface area contributed by atoms with Crippen molar-refractivity contribution in [1.29, 1.82) is 0 Å². The number of hydrogen-bond donors (Lipinski definition) is 3. The van der Waals surface area contributed by atoms with Crippen molar-refractivity contribution >= 4 is 23.0 Å². The van der Waals surface area contributed by atoms with E-state index < -0.39 is 0 Å². The zero-order valence-electron chi connectivity index (χ0n) is 12.2. The topological polar surface area (TPSA) is 79.1 Å². The third-order valence-corrected chi connectivity index (χ3v) is 3.02. The lowest BCUT2D eigenvalue weighted by molar-refractivity contribution is 1.03. The molecule has 0 bridgehead atoms. The molecule has 0 spiro atoms. The smallest absolute Gasteiger partial charge is 0.148 e. The Morgan fingerprint density at radius 3 is 2.45 bits per heavy atom. The number of nitrogens with two attached hydrogens (primary N) is 1. The Balaban J connectivity index is 2.35. The molecule has 2 rings (SSSR count). The molecule has 20 heavy (non-hydrogen) atoms. The minimum Gasteiger partial charge on any atom is -0.378 e. The molecular weight excluding hydrogens is 252 g/mol. The van der Waals surface area contributed by atoms with Crippen LogP contribution < -0.4 is 21.5 Å². The van der Waals surface area contributed by atoms with E-state index >= 15 is 0 Å². The second-order valence-electron chi connectivity index (χ2n) is 4.81. The van der Waals surface area contributed by atoms with Gasteiger partial charge < -0.3 is 15.6 Å². The van der Waals surface area contributed by atoms with E-state index in [-0.39, 0.29) is 0 Å². The first kappa shape index (κ1) is 14.1. The van der Waals surface area contributed by atoms with Gasteiger partial charge in [0.1, 0.15) is 17.5 Å². The van der Waals surface area contributed by atoms with Gasteiger partial charge in [-0.3, -0.25) is 0 Å². The van der Waals surface area contributed by atoms with Crippen LogP contribution in [0.2, 0.25) is 0 Å². The summed E-state index contributed by atoms with van der Waals surface area (Å²) >= 11 is 0. The third-order valence-electron chi connectivity index (χ3n) is 3.02. The van der Waals surface area contributed by atoms with Crippen molar-refractivity contribution in [1.82, 2.24) is 9.97 Å². The van der Waals surface area contributed by atoms with Crippen molar-refractivity contribution < 1.29 is 0 Å². The molecule has 0 fully saturated rings. The molecule has 2 aromatic rings. The van der Waals surface area contributed by atoms with E-state index in [2.05, 4.69) is 37.7 Å². The molecule has 0 saturated heterocycles. The Hall–Kier alpha value is -2.34. The van der Waals surface area contributed by atoms with Crippen LogP contribution in [0.5, 0.6) is 0 Å². The quantitative estimate of drug-likeness (QED) is 0.585. The van der Waals surface area contributed by atoms with Gasteiger partial charge in [-0.1, -0.05) is 6.07 Å². The predicted octanol–water partition coefficient (Wildman–Crippen LogP) is 2.19. The maximum atomic E-state index is 5.47. The zero-order chi connectivity index (χ0) is 14.7. The molecule has 6 heteroatoms. The third kappa shape index (κ3) is 2.97. The summed E-state index contributed by atoms with van der Waals surface area (Å²) in [5, 5.41) is 3.31. The summed E-state index contributed by atoms with van der Waals surface area (Å²) in [4.78, 5) is 10.7. The summed E-state index contributed by atoms with van der Waals surface area (Å²) < 4.78 is 0. The minimum absolute atomic E-state index is 0.628. The second-order valence-corrected chi connectivity index (χ2v) is 4.81. The Morgan fingerprint density at radius 1 is 1.10 bits per heavy atom. The fourth-order valence-electron chi connectivity index (χ4n) is 1.89. The number of hydrazine groups is 1. The molecule has 0 atom stereocenters. The molecule has 0 aliphatic rings. The fourth-order valence-corrected chi connectivity index (χ4v) is 1.89. The van der Waals surface area contributed by atoms with Crippen LogP contribution in [-0.4, -0.2) is 24.1 Å². The lowest BCUT2D eigenvalue weighted by Crippen LogP contribution is -2.13. The molecule has 0 aliphatic heterocycles. The van der Waals surface area contributed by atoms with Gasteiger partial charge in [-0.2, -0.15) is 0 Å². The van der Waals surface area contributed by atoms with E-state index in [1.54, 1.807) is 0 Å². The first-order valence-corrected chi connectivity index (χ1v) is 6.37. The number of nitrogens with one attached hydrogen (secondary N) is 2. The van der Waals surface area contributed by atoms with Gasteiger partial charge >= 0.3 is 0 Å². The minimum atomic E-state index is 0.628. The van der Waals surface area contributed by atoms with Gasteiger partial charge in [-0.25, -0.2) is 15.8 Å². The van der Waals surface area contributed by atoms with Crippen molar-refractivity contribution in [2.45, 2.75) is 13.8 Å². The van der Waals surface area contributed by atoms with E-state index in [0.29, 0.717) is 11.6 Å². The van der Waals surface area contributed by atoms with Gasteiger partial charge in [0.2, 0.25) is 0 Å². The summed E-state index contributed by atoms with van der Waals surface area (Å²) in [5.74, 6) is 7.51. The SMILES string of the molecule is Cc1nc(NN)c(C)c(Nc2cccc(N(C)C)c2)n1. The molecule has 0 radical (unpaired) electrons. The van der Waals surface area contributed by atoms with Gasteiger partial charge in [0.05, 0.1) is 0 Å². The van der Waals surface area contributed by atoms with Crippen LogP contribution in [0.3, 0.4) is 0 Å². The fraction of sp³-hybridized carbons (Fsp3) is 0.286. The highest BCUT2D eigenvalue weighted by Crippen LogP contribution is 2.25. The predicted molar refractivity (Wildman–Crippen MR) is 83.4 cm³/mol. The first-order chi connectivity index (χ1) is 9.51. The maximum absolute atomic E-state index is 5.47. The number of nitrogen functional groups attached to an aromatic ring is 1. The van der Waals surface area contributed by atoms with E-state index in [9.17, 15) is 0 Å². The van der Waals surface area contributed by atoms with Gasteiger partial charge in [-0.15, -0.1) is 0 Å². The van der Waals surface area contributed by atoms with Crippen molar-refractivity contribution in [3.05, 3.63) is 35.7 Å². The highest BCUT2D eigenvalue weighted by Gasteiger charge is 2.09. The number of aryl methyl sites for hydroxylation is 1. The Morgan fingerprint density at radius 2 is 1.80 bits per heavy atom. The van der Waals surface area contributed by atoms with Crippen LogP contribution in [0.25, 0.3) is 0 Å². The Labute approximate surface area is 119 Å². The Kier molecular flexibility index (Phi) is 4.05. The summed E-state index contributed by atoms with van der Waals surface area (Å²) in [6.45, 7) is 3.76.